The first-order chi connectivity index (χ1) is 8.65. The summed E-state index contributed by atoms with van der Waals surface area (Å²) in [5.41, 5.74) is 2.31. The zero-order chi connectivity index (χ0) is 13.0. The van der Waals surface area contributed by atoms with Gasteiger partial charge in [-0.05, 0) is 11.5 Å². The molecule has 0 saturated carbocycles. The maximum Gasteiger partial charge on any atom is 0.161 e. The van der Waals surface area contributed by atoms with E-state index in [4.69, 9.17) is 0 Å². The summed E-state index contributed by atoms with van der Waals surface area (Å²) in [4.78, 5) is 14.2. The van der Waals surface area contributed by atoms with Crippen molar-refractivity contribution in [1.82, 2.24) is 4.90 Å². The van der Waals surface area contributed by atoms with Crippen LogP contribution < -0.4 is 0 Å². The maximum atomic E-state index is 11.8. The summed E-state index contributed by atoms with van der Waals surface area (Å²) >= 11 is 0. The van der Waals surface area contributed by atoms with E-state index in [0.717, 1.165) is 25.2 Å². The number of benzene rings is 1. The number of Topliss-reactive ketones (excluding diaryl/α,β-unsaturated/α-hetero) is 1. The molecule has 0 atom stereocenters. The molecule has 1 heterocycles. The molecule has 0 radical (unpaired) electrons. The fourth-order valence-corrected chi connectivity index (χ4v) is 2.35. The van der Waals surface area contributed by atoms with Gasteiger partial charge in [-0.15, -0.1) is 0 Å². The lowest BCUT2D eigenvalue weighted by Crippen LogP contribution is -2.35. The summed E-state index contributed by atoms with van der Waals surface area (Å²) in [5.74, 6) is 0.772. The van der Waals surface area contributed by atoms with E-state index in [0.29, 0.717) is 18.1 Å². The van der Waals surface area contributed by atoms with Crippen molar-refractivity contribution in [1.29, 1.82) is 0 Å². The van der Waals surface area contributed by atoms with E-state index in [2.05, 4.69) is 49.1 Å². The second-order valence-corrected chi connectivity index (χ2v) is 5.31. The number of ketones is 1. The third-order valence-corrected chi connectivity index (χ3v) is 3.19. The lowest BCUT2D eigenvalue weighted by molar-refractivity contribution is -0.117. The molecule has 0 unspecified atom stereocenters. The molecule has 0 aliphatic carbocycles. The van der Waals surface area contributed by atoms with Gasteiger partial charge >= 0.3 is 0 Å². The molecule has 1 aliphatic heterocycles. The van der Waals surface area contributed by atoms with Gasteiger partial charge in [0.05, 0.1) is 0 Å². The van der Waals surface area contributed by atoms with Crippen molar-refractivity contribution in [2.24, 2.45) is 5.92 Å². The van der Waals surface area contributed by atoms with Gasteiger partial charge in [0, 0.05) is 31.6 Å². The average molecular weight is 243 g/mol. The number of allylic oxidation sites excluding steroid dienone is 1. The standard InChI is InChI=1S/C16H21NO/c1-13(2)10-15-12-17(9-8-16(15)18)11-14-6-4-3-5-7-14/h3-7,10,13H,8-9,11-12H2,1-2H3/b15-10-. The second-order valence-electron chi connectivity index (χ2n) is 5.31. The van der Waals surface area contributed by atoms with Crippen LogP contribution in [-0.4, -0.2) is 23.8 Å². The Balaban J connectivity index is 2.02. The van der Waals surface area contributed by atoms with Crippen molar-refractivity contribution in [2.75, 3.05) is 13.1 Å². The van der Waals surface area contributed by atoms with Crippen LogP contribution in [0.1, 0.15) is 25.8 Å². The van der Waals surface area contributed by atoms with E-state index in [9.17, 15) is 4.79 Å². The van der Waals surface area contributed by atoms with Crippen LogP contribution in [0.25, 0.3) is 0 Å². The number of carbonyl (C=O) groups excluding carboxylic acids is 1. The number of likely N-dealkylation sites (tertiary alicyclic amines) is 1. The molecule has 1 aromatic rings. The van der Waals surface area contributed by atoms with Crippen LogP contribution in [0.3, 0.4) is 0 Å². The van der Waals surface area contributed by atoms with Crippen molar-refractivity contribution in [3.05, 3.63) is 47.5 Å². The Kier molecular flexibility index (Phi) is 4.32. The maximum absolute atomic E-state index is 11.8. The van der Waals surface area contributed by atoms with Crippen molar-refractivity contribution in [3.63, 3.8) is 0 Å². The van der Waals surface area contributed by atoms with Gasteiger partial charge in [-0.3, -0.25) is 9.69 Å². The Labute approximate surface area is 109 Å². The van der Waals surface area contributed by atoms with E-state index < -0.39 is 0 Å². The summed E-state index contributed by atoms with van der Waals surface area (Å²) in [5, 5.41) is 0. The highest BCUT2D eigenvalue weighted by atomic mass is 16.1. The zero-order valence-corrected chi connectivity index (χ0v) is 11.2. The molecule has 2 nitrogen and oxygen atoms in total. The van der Waals surface area contributed by atoms with E-state index >= 15 is 0 Å². The summed E-state index contributed by atoms with van der Waals surface area (Å²) < 4.78 is 0. The fourth-order valence-electron chi connectivity index (χ4n) is 2.35. The van der Waals surface area contributed by atoms with Crippen LogP contribution in [0.15, 0.2) is 42.0 Å². The summed E-state index contributed by atoms with van der Waals surface area (Å²) in [7, 11) is 0. The molecule has 0 N–H and O–H groups in total. The SMILES string of the molecule is CC(C)/C=C1/CN(Cc2ccccc2)CCC1=O. The number of carbonyl (C=O) groups is 1. The minimum atomic E-state index is 0.327. The first-order valence-electron chi connectivity index (χ1n) is 6.65. The third-order valence-electron chi connectivity index (χ3n) is 3.19. The van der Waals surface area contributed by atoms with Crippen molar-refractivity contribution >= 4 is 5.78 Å². The van der Waals surface area contributed by atoms with Crippen LogP contribution >= 0.6 is 0 Å². The molecule has 1 fully saturated rings. The lowest BCUT2D eigenvalue weighted by Gasteiger charge is -2.28. The van der Waals surface area contributed by atoms with Gasteiger partial charge < -0.3 is 0 Å². The first-order valence-corrected chi connectivity index (χ1v) is 6.65. The lowest BCUT2D eigenvalue weighted by atomic mass is 9.99. The molecule has 0 aromatic heterocycles. The Hall–Kier alpha value is -1.41. The number of hydrogen-bond acceptors (Lipinski definition) is 2. The number of piperidine rings is 1. The normalized spacial score (nSPS) is 19.7. The van der Waals surface area contributed by atoms with Crippen LogP contribution in [0.2, 0.25) is 0 Å². The zero-order valence-electron chi connectivity index (χ0n) is 11.2. The Morgan fingerprint density at radius 1 is 1.28 bits per heavy atom. The number of rotatable bonds is 3. The van der Waals surface area contributed by atoms with Crippen LogP contribution in [0, 0.1) is 5.92 Å². The van der Waals surface area contributed by atoms with Crippen molar-refractivity contribution < 1.29 is 4.79 Å². The van der Waals surface area contributed by atoms with Crippen molar-refractivity contribution in [3.8, 4) is 0 Å². The summed E-state index contributed by atoms with van der Waals surface area (Å²) in [6.07, 6.45) is 2.77. The first kappa shape index (κ1) is 13.0. The number of nitrogens with zero attached hydrogens (tertiary/aromatic N) is 1. The molecule has 0 bridgehead atoms. The van der Waals surface area contributed by atoms with E-state index in [-0.39, 0.29) is 0 Å². The van der Waals surface area contributed by atoms with E-state index in [1.807, 2.05) is 6.07 Å². The fraction of sp³-hybridized carbons (Fsp3) is 0.438. The van der Waals surface area contributed by atoms with Crippen LogP contribution in [0.5, 0.6) is 0 Å². The third kappa shape index (κ3) is 3.54. The largest absolute Gasteiger partial charge is 0.294 e. The predicted molar refractivity (Wildman–Crippen MR) is 74.3 cm³/mol. The molecule has 96 valence electrons. The predicted octanol–water partition coefficient (Wildman–Crippen LogP) is 3.04. The molecule has 18 heavy (non-hydrogen) atoms. The van der Waals surface area contributed by atoms with Crippen LogP contribution in [-0.2, 0) is 11.3 Å². The van der Waals surface area contributed by atoms with Gasteiger partial charge in [-0.2, -0.15) is 0 Å². The molecule has 1 saturated heterocycles. The summed E-state index contributed by atoms with van der Waals surface area (Å²) in [6, 6.07) is 10.4. The topological polar surface area (TPSA) is 20.3 Å². The molecule has 0 amide bonds. The smallest absolute Gasteiger partial charge is 0.161 e. The van der Waals surface area contributed by atoms with Crippen LogP contribution in [0.4, 0.5) is 0 Å². The highest BCUT2D eigenvalue weighted by Crippen LogP contribution is 2.16. The Morgan fingerprint density at radius 3 is 2.67 bits per heavy atom. The molecule has 2 heteroatoms. The van der Waals surface area contributed by atoms with E-state index in [1.165, 1.54) is 5.56 Å². The minimum Gasteiger partial charge on any atom is -0.294 e. The average Bonchev–Trinajstić information content (AvgIpc) is 2.34. The Morgan fingerprint density at radius 2 is 2.00 bits per heavy atom. The highest BCUT2D eigenvalue weighted by Gasteiger charge is 2.21. The molecule has 2 rings (SSSR count). The van der Waals surface area contributed by atoms with Gasteiger partial charge in [0.1, 0.15) is 0 Å². The van der Waals surface area contributed by atoms with Crippen molar-refractivity contribution in [2.45, 2.75) is 26.8 Å². The van der Waals surface area contributed by atoms with Gasteiger partial charge in [0.15, 0.2) is 5.78 Å². The molecule has 0 spiro atoms. The van der Waals surface area contributed by atoms with Gasteiger partial charge in [0.25, 0.3) is 0 Å². The molecular formula is C16H21NO. The van der Waals surface area contributed by atoms with Gasteiger partial charge in [0.2, 0.25) is 0 Å². The van der Waals surface area contributed by atoms with Gasteiger partial charge in [-0.1, -0.05) is 50.3 Å². The monoisotopic (exact) mass is 243 g/mol. The molecule has 1 aromatic carbocycles. The van der Waals surface area contributed by atoms with E-state index in [1.54, 1.807) is 0 Å². The molecule has 1 aliphatic rings. The summed E-state index contributed by atoms with van der Waals surface area (Å²) in [6.45, 7) is 6.85. The number of hydrogen-bond donors (Lipinski definition) is 0. The Bertz CT molecular complexity index is 434. The van der Waals surface area contributed by atoms with Gasteiger partial charge in [-0.25, -0.2) is 0 Å². The minimum absolute atomic E-state index is 0.327. The quantitative estimate of drug-likeness (QED) is 0.760. The molecular weight excluding hydrogens is 222 g/mol. The second kappa shape index (κ2) is 5.96. The highest BCUT2D eigenvalue weighted by molar-refractivity contribution is 5.96.